The van der Waals surface area contributed by atoms with E-state index in [1.165, 1.54) is 0 Å². The van der Waals surface area contributed by atoms with E-state index in [0.717, 1.165) is 45.6 Å². The Morgan fingerprint density at radius 1 is 1.32 bits per heavy atom. The second-order valence-electron chi connectivity index (χ2n) is 6.04. The zero-order valence-electron chi connectivity index (χ0n) is 13.6. The van der Waals surface area contributed by atoms with Crippen LogP contribution in [-0.2, 0) is 20.1 Å². The van der Waals surface area contributed by atoms with Gasteiger partial charge in [-0.1, -0.05) is 29.4 Å². The van der Waals surface area contributed by atoms with Gasteiger partial charge in [0.05, 0.1) is 22.8 Å². The summed E-state index contributed by atoms with van der Waals surface area (Å²) in [7, 11) is 1.92. The van der Waals surface area contributed by atoms with E-state index in [4.69, 9.17) is 16.6 Å². The molecule has 1 aliphatic rings. The third kappa shape index (κ3) is 2.38. The molecule has 0 atom stereocenters. The summed E-state index contributed by atoms with van der Waals surface area (Å²) in [5.41, 5.74) is 2.83. The zero-order chi connectivity index (χ0) is 17.0. The summed E-state index contributed by atoms with van der Waals surface area (Å²) >= 11 is 8.25. The molecule has 0 N–H and O–H groups in total. The van der Waals surface area contributed by atoms with Crippen molar-refractivity contribution in [2.75, 3.05) is 5.75 Å². The maximum absolute atomic E-state index is 6.45. The number of fused-ring (bicyclic) bond motifs is 2. The van der Waals surface area contributed by atoms with E-state index in [1.54, 1.807) is 18.0 Å². The van der Waals surface area contributed by atoms with Gasteiger partial charge in [0.15, 0.2) is 11.0 Å². The van der Waals surface area contributed by atoms with Crippen molar-refractivity contribution in [1.29, 1.82) is 0 Å². The molecule has 126 valence electrons. The lowest BCUT2D eigenvalue weighted by Gasteiger charge is -2.05. The van der Waals surface area contributed by atoms with Gasteiger partial charge >= 0.3 is 0 Å². The van der Waals surface area contributed by atoms with Gasteiger partial charge in [-0.25, -0.2) is 9.97 Å². The van der Waals surface area contributed by atoms with Crippen LogP contribution in [0.25, 0.3) is 22.4 Å². The summed E-state index contributed by atoms with van der Waals surface area (Å²) in [6, 6.07) is 5.84. The van der Waals surface area contributed by atoms with Crippen LogP contribution in [0.5, 0.6) is 0 Å². The van der Waals surface area contributed by atoms with Crippen LogP contribution < -0.4 is 0 Å². The smallest absolute Gasteiger partial charge is 0.168 e. The SMILES string of the molecule is Cn1nc(-c2nccn2Cc2cn3c(n2)SCC3)c2c(Cl)cccc21. The van der Waals surface area contributed by atoms with Gasteiger partial charge in [-0.05, 0) is 12.1 Å². The number of imidazole rings is 2. The monoisotopic (exact) mass is 370 g/mol. The fourth-order valence-corrected chi connectivity index (χ4v) is 4.51. The molecule has 0 saturated carbocycles. The molecule has 4 aromatic rings. The maximum atomic E-state index is 6.45. The van der Waals surface area contributed by atoms with E-state index in [2.05, 4.69) is 25.4 Å². The van der Waals surface area contributed by atoms with Crippen molar-refractivity contribution < 1.29 is 0 Å². The molecule has 0 saturated heterocycles. The van der Waals surface area contributed by atoms with Gasteiger partial charge in [-0.2, -0.15) is 5.10 Å². The van der Waals surface area contributed by atoms with Crippen molar-refractivity contribution in [3.8, 4) is 11.5 Å². The number of halogens is 1. The third-order valence-electron chi connectivity index (χ3n) is 4.44. The van der Waals surface area contributed by atoms with Crippen molar-refractivity contribution in [1.82, 2.24) is 28.9 Å². The molecule has 5 rings (SSSR count). The first kappa shape index (κ1) is 15.0. The molecule has 0 fully saturated rings. The first-order valence-electron chi connectivity index (χ1n) is 8.02. The summed E-state index contributed by atoms with van der Waals surface area (Å²) in [4.78, 5) is 9.25. The van der Waals surface area contributed by atoms with E-state index in [-0.39, 0.29) is 0 Å². The molecule has 0 radical (unpaired) electrons. The van der Waals surface area contributed by atoms with Crippen LogP contribution in [0.15, 0.2) is 41.9 Å². The Balaban J connectivity index is 1.59. The molecular formula is C17H15ClN6S. The van der Waals surface area contributed by atoms with E-state index in [0.29, 0.717) is 11.6 Å². The zero-order valence-corrected chi connectivity index (χ0v) is 15.1. The molecule has 0 amide bonds. The molecule has 3 aromatic heterocycles. The molecule has 0 bridgehead atoms. The number of aryl methyl sites for hydroxylation is 2. The number of aromatic nitrogens is 6. The van der Waals surface area contributed by atoms with Crippen LogP contribution in [-0.4, -0.2) is 34.6 Å². The summed E-state index contributed by atoms with van der Waals surface area (Å²) in [6.07, 6.45) is 5.89. The predicted molar refractivity (Wildman–Crippen MR) is 99.0 cm³/mol. The Bertz CT molecular complexity index is 1070. The van der Waals surface area contributed by atoms with Crippen LogP contribution in [0.3, 0.4) is 0 Å². The number of thioether (sulfide) groups is 1. The molecule has 0 aliphatic carbocycles. The topological polar surface area (TPSA) is 53.5 Å². The normalized spacial score (nSPS) is 13.7. The summed E-state index contributed by atoms with van der Waals surface area (Å²) in [6.45, 7) is 1.70. The van der Waals surface area contributed by atoms with Crippen LogP contribution in [0.4, 0.5) is 0 Å². The second-order valence-corrected chi connectivity index (χ2v) is 7.51. The van der Waals surface area contributed by atoms with Crippen LogP contribution in [0.1, 0.15) is 5.69 Å². The summed E-state index contributed by atoms with van der Waals surface area (Å²) in [5.74, 6) is 1.91. The van der Waals surface area contributed by atoms with Crippen molar-refractivity contribution in [3.63, 3.8) is 0 Å². The van der Waals surface area contributed by atoms with Crippen LogP contribution in [0, 0.1) is 0 Å². The Labute approximate surface area is 153 Å². The Kier molecular flexibility index (Phi) is 3.39. The van der Waals surface area contributed by atoms with Crippen molar-refractivity contribution >= 4 is 34.3 Å². The van der Waals surface area contributed by atoms with Crippen LogP contribution >= 0.6 is 23.4 Å². The van der Waals surface area contributed by atoms with E-state index in [9.17, 15) is 0 Å². The Morgan fingerprint density at radius 2 is 2.24 bits per heavy atom. The molecule has 0 spiro atoms. The van der Waals surface area contributed by atoms with E-state index in [1.807, 2.05) is 36.1 Å². The van der Waals surface area contributed by atoms with Gasteiger partial charge < -0.3 is 9.13 Å². The van der Waals surface area contributed by atoms with Crippen LogP contribution in [0.2, 0.25) is 5.02 Å². The lowest BCUT2D eigenvalue weighted by Crippen LogP contribution is -2.03. The predicted octanol–water partition coefficient (Wildman–Crippen LogP) is 3.44. The standard InChI is InChI=1S/C17H15ClN6S/c1-22-13-4-2-3-12(18)14(13)15(21-22)16-19-5-6-23(16)9-11-10-24-7-8-25-17(24)20-11/h2-6,10H,7-9H2,1H3. The van der Waals surface area contributed by atoms with Crippen molar-refractivity contribution in [2.24, 2.45) is 7.05 Å². The highest BCUT2D eigenvalue weighted by molar-refractivity contribution is 7.99. The first-order valence-corrected chi connectivity index (χ1v) is 9.38. The average Bonchev–Trinajstić information content (AvgIpc) is 3.32. The maximum Gasteiger partial charge on any atom is 0.168 e. The van der Waals surface area contributed by atoms with E-state index >= 15 is 0 Å². The van der Waals surface area contributed by atoms with Gasteiger partial charge in [0.1, 0.15) is 5.69 Å². The summed E-state index contributed by atoms with van der Waals surface area (Å²) < 4.78 is 6.13. The Hall–Kier alpha value is -2.25. The second kappa shape index (κ2) is 5.64. The van der Waals surface area contributed by atoms with Crippen molar-refractivity contribution in [3.05, 3.63) is 47.5 Å². The lowest BCUT2D eigenvalue weighted by atomic mass is 10.2. The number of hydrogen-bond donors (Lipinski definition) is 0. The number of benzene rings is 1. The molecule has 8 heteroatoms. The van der Waals surface area contributed by atoms with E-state index < -0.39 is 0 Å². The molecule has 1 aromatic carbocycles. The molecule has 25 heavy (non-hydrogen) atoms. The highest BCUT2D eigenvalue weighted by Gasteiger charge is 2.19. The number of nitrogens with zero attached hydrogens (tertiary/aromatic N) is 6. The minimum absolute atomic E-state index is 0.665. The fourth-order valence-electron chi connectivity index (χ4n) is 3.29. The number of hydrogen-bond acceptors (Lipinski definition) is 4. The molecule has 1 aliphatic heterocycles. The minimum atomic E-state index is 0.665. The average molecular weight is 371 g/mol. The van der Waals surface area contributed by atoms with Gasteiger partial charge in [-0.15, -0.1) is 0 Å². The largest absolute Gasteiger partial charge is 0.325 e. The molecule has 4 heterocycles. The highest BCUT2D eigenvalue weighted by Crippen LogP contribution is 2.32. The number of rotatable bonds is 3. The molecular weight excluding hydrogens is 356 g/mol. The lowest BCUT2D eigenvalue weighted by molar-refractivity contribution is 0.719. The minimum Gasteiger partial charge on any atom is -0.325 e. The quantitative estimate of drug-likeness (QED) is 0.554. The third-order valence-corrected chi connectivity index (χ3v) is 5.73. The highest BCUT2D eigenvalue weighted by atomic mass is 35.5. The summed E-state index contributed by atoms with van der Waals surface area (Å²) in [5, 5.41) is 7.38. The molecule has 0 unspecified atom stereocenters. The van der Waals surface area contributed by atoms with Crippen molar-refractivity contribution in [2.45, 2.75) is 18.2 Å². The van der Waals surface area contributed by atoms with Gasteiger partial charge in [0, 0.05) is 43.3 Å². The fraction of sp³-hybridized carbons (Fsp3) is 0.235. The van der Waals surface area contributed by atoms with Gasteiger partial charge in [0.2, 0.25) is 0 Å². The van der Waals surface area contributed by atoms with Gasteiger partial charge in [0.25, 0.3) is 0 Å². The Morgan fingerprint density at radius 3 is 3.12 bits per heavy atom. The first-order chi connectivity index (χ1) is 12.2. The molecule has 6 nitrogen and oxygen atoms in total. The van der Waals surface area contributed by atoms with Gasteiger partial charge in [-0.3, -0.25) is 4.68 Å².